The summed E-state index contributed by atoms with van der Waals surface area (Å²) in [6, 6.07) is 24.8. The van der Waals surface area contributed by atoms with E-state index in [4.69, 9.17) is 9.84 Å². The third kappa shape index (κ3) is 5.38. The Labute approximate surface area is 182 Å². The molecule has 0 saturated heterocycles. The van der Waals surface area contributed by atoms with Crippen LogP contribution < -0.4 is 4.74 Å². The largest absolute Gasteiger partial charge is 0.471 e. The standard InChI is InChI=1S/C26H26FN3O/c1-29(2)15-16-30-18-25(26(28-30)31-19-20-7-4-3-5-8-20)23-10-6-9-22(17-23)21-11-13-24(27)14-12-21/h3-14,17-18H,15-16,19H2,1-2H3. The maximum absolute atomic E-state index is 13.3. The molecule has 0 atom stereocenters. The van der Waals surface area contributed by atoms with Gasteiger partial charge in [0.2, 0.25) is 5.88 Å². The van der Waals surface area contributed by atoms with E-state index in [1.807, 2.05) is 67.4 Å². The van der Waals surface area contributed by atoms with Crippen molar-refractivity contribution in [3.05, 3.63) is 96.4 Å². The van der Waals surface area contributed by atoms with Crippen LogP contribution in [0.1, 0.15) is 5.56 Å². The molecule has 1 heterocycles. The lowest BCUT2D eigenvalue weighted by Crippen LogP contribution is -2.18. The molecule has 4 rings (SSSR count). The van der Waals surface area contributed by atoms with Crippen LogP contribution in [0, 0.1) is 5.82 Å². The molecular formula is C26H26FN3O. The SMILES string of the molecule is CN(C)CCn1cc(-c2cccc(-c3ccc(F)cc3)c2)c(OCc2ccccc2)n1. The average Bonchev–Trinajstić information content (AvgIpc) is 3.21. The van der Waals surface area contributed by atoms with Crippen molar-refractivity contribution in [3.8, 4) is 28.1 Å². The molecule has 0 fully saturated rings. The molecule has 3 aromatic carbocycles. The molecule has 0 radical (unpaired) electrons. The normalized spacial score (nSPS) is 11.1. The van der Waals surface area contributed by atoms with E-state index < -0.39 is 0 Å². The number of likely N-dealkylation sites (N-methyl/N-ethyl adjacent to an activating group) is 1. The molecule has 158 valence electrons. The minimum Gasteiger partial charge on any atom is -0.471 e. The van der Waals surface area contributed by atoms with Gasteiger partial charge in [-0.25, -0.2) is 4.39 Å². The highest BCUT2D eigenvalue weighted by Gasteiger charge is 2.14. The van der Waals surface area contributed by atoms with Crippen molar-refractivity contribution < 1.29 is 9.13 Å². The van der Waals surface area contributed by atoms with Crippen LogP contribution in [0.25, 0.3) is 22.3 Å². The zero-order chi connectivity index (χ0) is 21.6. The number of rotatable bonds is 8. The summed E-state index contributed by atoms with van der Waals surface area (Å²) >= 11 is 0. The zero-order valence-corrected chi connectivity index (χ0v) is 17.8. The maximum atomic E-state index is 13.3. The summed E-state index contributed by atoms with van der Waals surface area (Å²) in [7, 11) is 4.09. The smallest absolute Gasteiger partial charge is 0.241 e. The van der Waals surface area contributed by atoms with Gasteiger partial charge in [-0.05, 0) is 54.5 Å². The first-order valence-corrected chi connectivity index (χ1v) is 10.3. The molecule has 0 saturated carbocycles. The maximum Gasteiger partial charge on any atom is 0.241 e. The number of ether oxygens (including phenoxy) is 1. The first-order chi connectivity index (χ1) is 15.1. The van der Waals surface area contributed by atoms with E-state index in [0.717, 1.165) is 40.9 Å². The first-order valence-electron chi connectivity index (χ1n) is 10.3. The van der Waals surface area contributed by atoms with Gasteiger partial charge in [0.1, 0.15) is 12.4 Å². The van der Waals surface area contributed by atoms with E-state index in [0.29, 0.717) is 12.5 Å². The van der Waals surface area contributed by atoms with Crippen molar-refractivity contribution >= 4 is 0 Å². The number of hydrogen-bond donors (Lipinski definition) is 0. The van der Waals surface area contributed by atoms with Crippen molar-refractivity contribution in [2.75, 3.05) is 20.6 Å². The van der Waals surface area contributed by atoms with Gasteiger partial charge >= 0.3 is 0 Å². The topological polar surface area (TPSA) is 30.3 Å². The molecule has 0 N–H and O–H groups in total. The zero-order valence-electron chi connectivity index (χ0n) is 17.8. The molecule has 1 aromatic heterocycles. The van der Waals surface area contributed by atoms with E-state index in [-0.39, 0.29) is 5.82 Å². The monoisotopic (exact) mass is 415 g/mol. The Bertz CT molecular complexity index is 1120. The van der Waals surface area contributed by atoms with Gasteiger partial charge in [-0.3, -0.25) is 4.68 Å². The number of nitrogens with zero attached hydrogens (tertiary/aromatic N) is 3. The molecule has 0 unspecified atom stereocenters. The summed E-state index contributed by atoms with van der Waals surface area (Å²) in [5.41, 5.74) is 5.04. The highest BCUT2D eigenvalue weighted by Crippen LogP contribution is 2.32. The summed E-state index contributed by atoms with van der Waals surface area (Å²) in [4.78, 5) is 2.13. The molecule has 4 aromatic rings. The van der Waals surface area contributed by atoms with Crippen molar-refractivity contribution in [2.24, 2.45) is 0 Å². The van der Waals surface area contributed by atoms with Crippen LogP contribution in [0.2, 0.25) is 0 Å². The van der Waals surface area contributed by atoms with Crippen molar-refractivity contribution in [3.63, 3.8) is 0 Å². The Hall–Kier alpha value is -3.44. The predicted molar refractivity (Wildman–Crippen MR) is 122 cm³/mol. The van der Waals surface area contributed by atoms with E-state index in [1.165, 1.54) is 12.1 Å². The molecule has 0 amide bonds. The Balaban J connectivity index is 1.65. The van der Waals surface area contributed by atoms with Crippen LogP contribution in [-0.4, -0.2) is 35.3 Å². The quantitative estimate of drug-likeness (QED) is 0.381. The minimum absolute atomic E-state index is 0.237. The van der Waals surface area contributed by atoms with Gasteiger partial charge in [0, 0.05) is 12.7 Å². The van der Waals surface area contributed by atoms with Crippen LogP contribution in [-0.2, 0) is 13.2 Å². The fraction of sp³-hybridized carbons (Fsp3) is 0.192. The second-order valence-corrected chi connectivity index (χ2v) is 7.78. The van der Waals surface area contributed by atoms with Gasteiger partial charge in [-0.1, -0.05) is 60.7 Å². The highest BCUT2D eigenvalue weighted by molar-refractivity contribution is 5.75. The van der Waals surface area contributed by atoms with Crippen LogP contribution >= 0.6 is 0 Å². The lowest BCUT2D eigenvalue weighted by Gasteiger charge is -2.08. The third-order valence-electron chi connectivity index (χ3n) is 5.07. The van der Waals surface area contributed by atoms with Crippen LogP contribution in [0.3, 0.4) is 0 Å². The molecule has 5 heteroatoms. The molecule has 0 aliphatic carbocycles. The summed E-state index contributed by atoms with van der Waals surface area (Å²) < 4.78 is 21.4. The molecule has 0 spiro atoms. The lowest BCUT2D eigenvalue weighted by molar-refractivity contribution is 0.288. The molecule has 4 nitrogen and oxygen atoms in total. The van der Waals surface area contributed by atoms with Crippen LogP contribution in [0.15, 0.2) is 85.1 Å². The van der Waals surface area contributed by atoms with Gasteiger partial charge in [0.15, 0.2) is 0 Å². The first kappa shape index (κ1) is 20.8. The van der Waals surface area contributed by atoms with E-state index in [2.05, 4.69) is 17.0 Å². The number of aromatic nitrogens is 2. The van der Waals surface area contributed by atoms with Gasteiger partial charge in [-0.2, -0.15) is 0 Å². The molecule has 0 aliphatic rings. The van der Waals surface area contributed by atoms with Gasteiger partial charge in [0.05, 0.1) is 12.1 Å². The summed E-state index contributed by atoms with van der Waals surface area (Å²) in [5.74, 6) is 0.373. The average molecular weight is 416 g/mol. The molecule has 31 heavy (non-hydrogen) atoms. The summed E-state index contributed by atoms with van der Waals surface area (Å²) in [5, 5.41) is 4.71. The Morgan fingerprint density at radius 2 is 1.61 bits per heavy atom. The van der Waals surface area contributed by atoms with Crippen molar-refractivity contribution in [2.45, 2.75) is 13.2 Å². The van der Waals surface area contributed by atoms with E-state index in [1.54, 1.807) is 12.1 Å². The Morgan fingerprint density at radius 1 is 0.871 bits per heavy atom. The number of benzene rings is 3. The van der Waals surface area contributed by atoms with Gasteiger partial charge in [0.25, 0.3) is 0 Å². The molecule has 0 aliphatic heterocycles. The predicted octanol–water partition coefficient (Wildman–Crippen LogP) is 5.50. The minimum atomic E-state index is -0.237. The van der Waals surface area contributed by atoms with Crippen LogP contribution in [0.5, 0.6) is 5.88 Å². The van der Waals surface area contributed by atoms with E-state index in [9.17, 15) is 4.39 Å². The van der Waals surface area contributed by atoms with Gasteiger partial charge < -0.3 is 9.64 Å². The Morgan fingerprint density at radius 3 is 2.35 bits per heavy atom. The summed E-state index contributed by atoms with van der Waals surface area (Å²) in [6.07, 6.45) is 2.04. The number of hydrogen-bond acceptors (Lipinski definition) is 3. The highest BCUT2D eigenvalue weighted by atomic mass is 19.1. The second kappa shape index (κ2) is 9.58. The van der Waals surface area contributed by atoms with Crippen molar-refractivity contribution in [1.29, 1.82) is 0 Å². The molecular weight excluding hydrogens is 389 g/mol. The fourth-order valence-electron chi connectivity index (χ4n) is 3.36. The van der Waals surface area contributed by atoms with Crippen LogP contribution in [0.4, 0.5) is 4.39 Å². The van der Waals surface area contributed by atoms with Crippen molar-refractivity contribution in [1.82, 2.24) is 14.7 Å². The molecule has 0 bridgehead atoms. The van der Waals surface area contributed by atoms with E-state index >= 15 is 0 Å². The lowest BCUT2D eigenvalue weighted by atomic mass is 10.0. The second-order valence-electron chi connectivity index (χ2n) is 7.78. The number of halogens is 1. The third-order valence-corrected chi connectivity index (χ3v) is 5.07. The fourth-order valence-corrected chi connectivity index (χ4v) is 3.36. The van der Waals surface area contributed by atoms with Gasteiger partial charge in [-0.15, -0.1) is 5.10 Å². The Kier molecular flexibility index (Phi) is 6.43. The summed E-state index contributed by atoms with van der Waals surface area (Å²) in [6.45, 7) is 2.11.